The van der Waals surface area contributed by atoms with Crippen molar-refractivity contribution in [3.05, 3.63) is 36.2 Å². The van der Waals surface area contributed by atoms with E-state index in [2.05, 4.69) is 0 Å². The Balaban J connectivity index is 1.54. The SMILES string of the molecule is COC(=O)C12CCC(CS(=O)(=O)c3ccc(OC/C(=C/F)CCC(=O)OC(C)(C)C)cc3)(CC1)CC2. The molecule has 3 fully saturated rings. The lowest BCUT2D eigenvalue weighted by Gasteiger charge is -2.51. The second-order valence-electron chi connectivity index (χ2n) is 11.1. The van der Waals surface area contributed by atoms with Gasteiger partial charge in [0, 0.05) is 6.42 Å². The summed E-state index contributed by atoms with van der Waals surface area (Å²) in [6, 6.07) is 6.12. The Hall–Kier alpha value is -2.42. The summed E-state index contributed by atoms with van der Waals surface area (Å²) in [4.78, 5) is 24.3. The average Bonchev–Trinajstić information content (AvgIpc) is 2.83. The third kappa shape index (κ3) is 6.87. The molecule has 3 aliphatic carbocycles. The maximum atomic E-state index is 13.3. The van der Waals surface area contributed by atoms with Gasteiger partial charge in [0.1, 0.15) is 18.0 Å². The third-order valence-electron chi connectivity index (χ3n) is 7.35. The van der Waals surface area contributed by atoms with Crippen molar-refractivity contribution in [1.82, 2.24) is 0 Å². The summed E-state index contributed by atoms with van der Waals surface area (Å²) in [5.74, 6) is -0.133. The van der Waals surface area contributed by atoms with Crippen LogP contribution in [0.2, 0.25) is 0 Å². The minimum absolute atomic E-state index is 0.0378. The lowest BCUT2D eigenvalue weighted by atomic mass is 9.54. The number of benzene rings is 1. The van der Waals surface area contributed by atoms with E-state index in [0.717, 1.165) is 0 Å². The first-order chi connectivity index (χ1) is 16.8. The Morgan fingerprint density at radius 1 is 1.00 bits per heavy atom. The summed E-state index contributed by atoms with van der Waals surface area (Å²) in [6.07, 6.45) is 4.72. The molecule has 0 unspecified atom stereocenters. The molecule has 0 radical (unpaired) electrons. The quantitative estimate of drug-likeness (QED) is 0.382. The molecule has 0 spiro atoms. The van der Waals surface area contributed by atoms with Crippen molar-refractivity contribution in [2.75, 3.05) is 19.5 Å². The lowest BCUT2D eigenvalue weighted by Crippen LogP contribution is -2.48. The number of ether oxygens (including phenoxy) is 3. The molecular formula is C27H37FO7S. The Morgan fingerprint density at radius 3 is 2.08 bits per heavy atom. The number of carbonyl (C=O) groups is 2. The van der Waals surface area contributed by atoms with Crippen LogP contribution in [0.1, 0.15) is 72.1 Å². The molecule has 1 aromatic rings. The number of methoxy groups -OCH3 is 1. The summed E-state index contributed by atoms with van der Waals surface area (Å²) >= 11 is 0. The van der Waals surface area contributed by atoms with Gasteiger partial charge in [0.15, 0.2) is 9.84 Å². The number of hydrogen-bond acceptors (Lipinski definition) is 7. The van der Waals surface area contributed by atoms with Crippen LogP contribution in [0, 0.1) is 10.8 Å². The van der Waals surface area contributed by atoms with Crippen LogP contribution in [0.15, 0.2) is 41.1 Å². The van der Waals surface area contributed by atoms with E-state index in [-0.39, 0.29) is 41.5 Å². The topological polar surface area (TPSA) is 96.0 Å². The smallest absolute Gasteiger partial charge is 0.311 e. The molecular weight excluding hydrogens is 487 g/mol. The van der Waals surface area contributed by atoms with Crippen LogP contribution < -0.4 is 4.74 Å². The highest BCUT2D eigenvalue weighted by Gasteiger charge is 2.54. The zero-order valence-corrected chi connectivity index (χ0v) is 22.4. The van der Waals surface area contributed by atoms with Gasteiger partial charge in [-0.1, -0.05) is 0 Å². The molecule has 0 heterocycles. The molecule has 0 atom stereocenters. The van der Waals surface area contributed by atoms with Crippen LogP contribution in [-0.2, 0) is 28.9 Å². The molecule has 2 bridgehead atoms. The second-order valence-corrected chi connectivity index (χ2v) is 13.1. The maximum Gasteiger partial charge on any atom is 0.311 e. The third-order valence-corrected chi connectivity index (χ3v) is 9.33. The monoisotopic (exact) mass is 524 g/mol. The fraction of sp³-hybridized carbons (Fsp3) is 0.630. The maximum absolute atomic E-state index is 13.3. The standard InChI is InChI=1S/C27H37FO7S/c1-25(2,3)35-23(29)10-5-20(17-28)18-34-21-6-8-22(9-7-21)36(31,32)19-26-11-14-27(15-12-26,16-13-26)24(30)33-4/h6-9,17H,5,10-16,18-19H2,1-4H3/b20-17+. The number of hydrogen-bond donors (Lipinski definition) is 0. The van der Waals surface area contributed by atoms with Crippen molar-refractivity contribution in [1.29, 1.82) is 0 Å². The molecule has 0 aromatic heterocycles. The number of rotatable bonds is 10. The average molecular weight is 525 g/mol. The summed E-state index contributed by atoms with van der Waals surface area (Å²) < 4.78 is 55.5. The Labute approximate surface area is 213 Å². The van der Waals surface area contributed by atoms with Crippen molar-refractivity contribution in [3.63, 3.8) is 0 Å². The second kappa shape index (κ2) is 10.9. The Kier molecular flexibility index (Phi) is 8.53. The zero-order chi connectivity index (χ0) is 26.6. The van der Waals surface area contributed by atoms with Gasteiger partial charge in [-0.3, -0.25) is 9.59 Å². The van der Waals surface area contributed by atoms with Crippen LogP contribution in [0.25, 0.3) is 0 Å². The molecule has 3 aliphatic rings. The van der Waals surface area contributed by atoms with Crippen LogP contribution in [0.3, 0.4) is 0 Å². The van der Waals surface area contributed by atoms with E-state index < -0.39 is 26.8 Å². The lowest BCUT2D eigenvalue weighted by molar-refractivity contribution is -0.162. The van der Waals surface area contributed by atoms with Crippen LogP contribution in [0.4, 0.5) is 4.39 Å². The van der Waals surface area contributed by atoms with Gasteiger partial charge in [0.2, 0.25) is 0 Å². The van der Waals surface area contributed by atoms with E-state index in [1.54, 1.807) is 32.9 Å². The molecule has 0 saturated heterocycles. The number of halogens is 1. The van der Waals surface area contributed by atoms with E-state index >= 15 is 0 Å². The Morgan fingerprint density at radius 2 is 1.58 bits per heavy atom. The van der Waals surface area contributed by atoms with E-state index in [1.165, 1.54) is 19.2 Å². The Bertz CT molecular complexity index is 1060. The number of fused-ring (bicyclic) bond motifs is 3. The largest absolute Gasteiger partial charge is 0.489 e. The van der Waals surface area contributed by atoms with Gasteiger partial charge in [-0.15, -0.1) is 0 Å². The first-order valence-corrected chi connectivity index (χ1v) is 14.0. The van der Waals surface area contributed by atoms with Gasteiger partial charge in [-0.2, -0.15) is 0 Å². The van der Waals surface area contributed by atoms with Gasteiger partial charge in [-0.05, 0) is 101 Å². The van der Waals surface area contributed by atoms with Crippen LogP contribution >= 0.6 is 0 Å². The molecule has 1 aromatic carbocycles. The zero-order valence-electron chi connectivity index (χ0n) is 21.6. The molecule has 9 heteroatoms. The highest BCUT2D eigenvalue weighted by atomic mass is 32.2. The number of sulfone groups is 1. The molecule has 200 valence electrons. The fourth-order valence-corrected chi connectivity index (χ4v) is 7.18. The normalized spacial score (nSPS) is 24.3. The predicted octanol–water partition coefficient (Wildman–Crippen LogP) is 5.33. The van der Waals surface area contributed by atoms with Crippen molar-refractivity contribution < 1.29 is 36.6 Å². The molecule has 7 nitrogen and oxygen atoms in total. The van der Waals surface area contributed by atoms with E-state index in [1.807, 2.05) is 0 Å². The van der Waals surface area contributed by atoms with Gasteiger partial charge in [0.25, 0.3) is 0 Å². The van der Waals surface area contributed by atoms with E-state index in [9.17, 15) is 22.4 Å². The summed E-state index contributed by atoms with van der Waals surface area (Å²) in [5.41, 5.74) is -1.05. The first kappa shape index (κ1) is 28.2. The number of esters is 2. The summed E-state index contributed by atoms with van der Waals surface area (Å²) in [7, 11) is -2.12. The molecule has 36 heavy (non-hydrogen) atoms. The fourth-order valence-electron chi connectivity index (χ4n) is 5.22. The van der Waals surface area contributed by atoms with Crippen molar-refractivity contribution in [3.8, 4) is 5.75 Å². The van der Waals surface area contributed by atoms with Gasteiger partial charge >= 0.3 is 11.9 Å². The van der Waals surface area contributed by atoms with Gasteiger partial charge in [-0.25, -0.2) is 12.8 Å². The van der Waals surface area contributed by atoms with Crippen molar-refractivity contribution in [2.45, 2.75) is 82.6 Å². The number of carbonyl (C=O) groups excluding carboxylic acids is 2. The minimum atomic E-state index is -3.53. The molecule has 0 aliphatic heterocycles. The van der Waals surface area contributed by atoms with Crippen LogP contribution in [-0.4, -0.2) is 45.4 Å². The van der Waals surface area contributed by atoms with E-state index in [4.69, 9.17) is 14.2 Å². The molecule has 0 N–H and O–H groups in total. The highest BCUT2D eigenvalue weighted by Crippen LogP contribution is 2.58. The first-order valence-electron chi connectivity index (χ1n) is 12.4. The summed E-state index contributed by atoms with van der Waals surface area (Å²) in [5, 5.41) is 0. The van der Waals surface area contributed by atoms with Crippen molar-refractivity contribution in [2.24, 2.45) is 10.8 Å². The summed E-state index contributed by atoms with van der Waals surface area (Å²) in [6.45, 7) is 5.24. The molecule has 3 saturated carbocycles. The van der Waals surface area contributed by atoms with Crippen LogP contribution in [0.5, 0.6) is 5.75 Å². The molecule has 4 rings (SSSR count). The molecule has 0 amide bonds. The minimum Gasteiger partial charge on any atom is -0.489 e. The van der Waals surface area contributed by atoms with E-state index in [0.29, 0.717) is 56.2 Å². The highest BCUT2D eigenvalue weighted by molar-refractivity contribution is 7.91. The van der Waals surface area contributed by atoms with Gasteiger partial charge < -0.3 is 14.2 Å². The van der Waals surface area contributed by atoms with Gasteiger partial charge in [0.05, 0.1) is 29.5 Å². The predicted molar refractivity (Wildman–Crippen MR) is 133 cm³/mol. The van der Waals surface area contributed by atoms with Crippen molar-refractivity contribution >= 4 is 21.8 Å².